The molecule has 16 heavy (non-hydrogen) atoms. The number of ether oxygens (including phenoxy) is 1. The number of hydrogen-bond acceptors (Lipinski definition) is 4. The fourth-order valence-corrected chi connectivity index (χ4v) is 1.82. The maximum atomic E-state index is 11.5. The highest BCUT2D eigenvalue weighted by molar-refractivity contribution is 7.09. The predicted octanol–water partition coefficient (Wildman–Crippen LogP) is 0.808. The summed E-state index contributed by atoms with van der Waals surface area (Å²) in [5.74, 6) is -1.30. The van der Waals surface area contributed by atoms with E-state index in [1.165, 1.54) is 4.90 Å². The number of hydrogen-bond donors (Lipinski definition) is 1. The second-order valence-corrected chi connectivity index (χ2v) is 4.25. The Balaban J connectivity index is 2.28. The summed E-state index contributed by atoms with van der Waals surface area (Å²) in [6.07, 6.45) is 0. The topological polar surface area (TPSA) is 66.8 Å². The molecule has 0 aliphatic carbocycles. The van der Waals surface area contributed by atoms with E-state index >= 15 is 0 Å². The van der Waals surface area contributed by atoms with Gasteiger partial charge in [-0.25, -0.2) is 4.79 Å². The van der Waals surface area contributed by atoms with Gasteiger partial charge in [-0.1, -0.05) is 6.07 Å². The van der Waals surface area contributed by atoms with Crippen LogP contribution in [0.2, 0.25) is 0 Å². The van der Waals surface area contributed by atoms with Gasteiger partial charge in [0.05, 0.1) is 6.54 Å². The Hall–Kier alpha value is -1.40. The largest absolute Gasteiger partial charge is 0.480 e. The SMILES string of the molecule is CN(Cc1cccs1)C(=O)COCC(=O)O. The van der Waals surface area contributed by atoms with Crippen LogP contribution in [0, 0.1) is 0 Å². The molecule has 0 saturated heterocycles. The molecule has 0 fully saturated rings. The number of nitrogens with zero attached hydrogens (tertiary/aromatic N) is 1. The van der Waals surface area contributed by atoms with E-state index in [1.54, 1.807) is 18.4 Å². The number of carboxylic acids is 1. The van der Waals surface area contributed by atoms with E-state index in [1.807, 2.05) is 17.5 Å². The number of likely N-dealkylation sites (N-methyl/N-ethyl adjacent to an activating group) is 1. The monoisotopic (exact) mass is 243 g/mol. The quantitative estimate of drug-likeness (QED) is 0.802. The summed E-state index contributed by atoms with van der Waals surface area (Å²) in [5, 5.41) is 10.3. The van der Waals surface area contributed by atoms with Crippen LogP contribution < -0.4 is 0 Å². The summed E-state index contributed by atoms with van der Waals surface area (Å²) in [6.45, 7) is -0.125. The molecule has 0 aromatic carbocycles. The van der Waals surface area contributed by atoms with E-state index in [9.17, 15) is 9.59 Å². The van der Waals surface area contributed by atoms with Crippen LogP contribution in [-0.2, 0) is 20.9 Å². The zero-order valence-electron chi connectivity index (χ0n) is 8.88. The van der Waals surface area contributed by atoms with E-state index in [2.05, 4.69) is 0 Å². The number of aliphatic carboxylic acids is 1. The fourth-order valence-electron chi connectivity index (χ4n) is 1.06. The number of thiophene rings is 1. The van der Waals surface area contributed by atoms with Gasteiger partial charge in [-0.05, 0) is 11.4 Å². The highest BCUT2D eigenvalue weighted by atomic mass is 32.1. The third kappa shape index (κ3) is 4.41. The molecule has 1 N–H and O–H groups in total. The minimum absolute atomic E-state index is 0.200. The smallest absolute Gasteiger partial charge is 0.329 e. The Morgan fingerprint density at radius 2 is 2.25 bits per heavy atom. The second-order valence-electron chi connectivity index (χ2n) is 3.22. The van der Waals surface area contributed by atoms with Gasteiger partial charge in [0.15, 0.2) is 0 Å². The van der Waals surface area contributed by atoms with Crippen molar-refractivity contribution in [2.24, 2.45) is 0 Å². The molecule has 1 heterocycles. The second kappa shape index (κ2) is 6.24. The van der Waals surface area contributed by atoms with Crippen molar-refractivity contribution in [3.05, 3.63) is 22.4 Å². The van der Waals surface area contributed by atoms with Crippen molar-refractivity contribution >= 4 is 23.2 Å². The molecule has 1 aromatic rings. The van der Waals surface area contributed by atoms with Crippen LogP contribution in [0.25, 0.3) is 0 Å². The molecule has 0 spiro atoms. The number of rotatable bonds is 6. The standard InChI is InChI=1S/C10H13NO4S/c1-11(5-8-3-2-4-16-8)9(12)6-15-7-10(13)14/h2-4H,5-7H2,1H3,(H,13,14). The molecule has 0 unspecified atom stereocenters. The Morgan fingerprint density at radius 3 is 2.81 bits per heavy atom. The highest BCUT2D eigenvalue weighted by Crippen LogP contribution is 2.10. The van der Waals surface area contributed by atoms with Crippen LogP contribution in [0.1, 0.15) is 4.88 Å². The first-order chi connectivity index (χ1) is 7.59. The van der Waals surface area contributed by atoms with Crippen LogP contribution in [0.4, 0.5) is 0 Å². The van der Waals surface area contributed by atoms with Crippen molar-refractivity contribution in [1.82, 2.24) is 4.90 Å². The number of carbonyl (C=O) groups excluding carboxylic acids is 1. The molecule has 6 heteroatoms. The minimum atomic E-state index is -1.08. The average Bonchev–Trinajstić information content (AvgIpc) is 2.69. The molecule has 1 rings (SSSR count). The number of carboxylic acid groups (broad SMARTS) is 1. The Labute approximate surface area is 97.3 Å². The van der Waals surface area contributed by atoms with Crippen LogP contribution >= 0.6 is 11.3 Å². The van der Waals surface area contributed by atoms with Crippen molar-refractivity contribution in [2.45, 2.75) is 6.54 Å². The van der Waals surface area contributed by atoms with Gasteiger partial charge in [-0.2, -0.15) is 0 Å². The molecule has 0 aliphatic rings. The van der Waals surface area contributed by atoms with Gasteiger partial charge in [0, 0.05) is 11.9 Å². The third-order valence-electron chi connectivity index (χ3n) is 1.85. The molecule has 0 atom stereocenters. The van der Waals surface area contributed by atoms with Gasteiger partial charge in [-0.3, -0.25) is 4.79 Å². The van der Waals surface area contributed by atoms with Crippen molar-refractivity contribution in [2.75, 3.05) is 20.3 Å². The molecule has 1 amide bonds. The molecule has 5 nitrogen and oxygen atoms in total. The lowest BCUT2D eigenvalue weighted by molar-refractivity contribution is -0.145. The van der Waals surface area contributed by atoms with Crippen molar-refractivity contribution in [3.8, 4) is 0 Å². The van der Waals surface area contributed by atoms with Gasteiger partial charge < -0.3 is 14.7 Å². The zero-order chi connectivity index (χ0) is 12.0. The molecule has 1 aromatic heterocycles. The van der Waals surface area contributed by atoms with Gasteiger partial charge in [0.2, 0.25) is 5.91 Å². The molecule has 88 valence electrons. The fraction of sp³-hybridized carbons (Fsp3) is 0.400. The maximum absolute atomic E-state index is 11.5. The summed E-state index contributed by atoms with van der Waals surface area (Å²) >= 11 is 1.57. The van der Waals surface area contributed by atoms with Crippen LogP contribution in [0.15, 0.2) is 17.5 Å². The summed E-state index contributed by atoms with van der Waals surface area (Å²) in [5.41, 5.74) is 0. The van der Waals surface area contributed by atoms with Gasteiger partial charge in [0.1, 0.15) is 13.2 Å². The van der Waals surface area contributed by atoms with Gasteiger partial charge >= 0.3 is 5.97 Å². The van der Waals surface area contributed by atoms with E-state index in [0.29, 0.717) is 6.54 Å². The molecule has 0 radical (unpaired) electrons. The summed E-state index contributed by atoms with van der Waals surface area (Å²) in [6, 6.07) is 3.85. The highest BCUT2D eigenvalue weighted by Gasteiger charge is 2.10. The normalized spacial score (nSPS) is 10.1. The Morgan fingerprint density at radius 1 is 1.50 bits per heavy atom. The number of amides is 1. The summed E-state index contributed by atoms with van der Waals surface area (Å²) in [4.78, 5) is 24.2. The lowest BCUT2D eigenvalue weighted by Crippen LogP contribution is -2.30. The van der Waals surface area contributed by atoms with Gasteiger partial charge in [0.25, 0.3) is 0 Å². The number of carbonyl (C=O) groups is 2. The zero-order valence-corrected chi connectivity index (χ0v) is 9.70. The first-order valence-electron chi connectivity index (χ1n) is 4.65. The first kappa shape index (κ1) is 12.7. The van der Waals surface area contributed by atoms with Crippen molar-refractivity contribution in [1.29, 1.82) is 0 Å². The molecule has 0 bridgehead atoms. The van der Waals surface area contributed by atoms with Crippen LogP contribution in [0.5, 0.6) is 0 Å². The van der Waals surface area contributed by atoms with E-state index in [0.717, 1.165) is 4.88 Å². The van der Waals surface area contributed by atoms with E-state index < -0.39 is 12.6 Å². The molecule has 0 saturated carbocycles. The lowest BCUT2D eigenvalue weighted by Gasteiger charge is -2.15. The average molecular weight is 243 g/mol. The maximum Gasteiger partial charge on any atom is 0.329 e. The molecule has 0 aliphatic heterocycles. The molecular formula is C10H13NO4S. The minimum Gasteiger partial charge on any atom is -0.480 e. The predicted molar refractivity (Wildman–Crippen MR) is 59.2 cm³/mol. The van der Waals surface area contributed by atoms with Crippen LogP contribution in [-0.4, -0.2) is 42.1 Å². The van der Waals surface area contributed by atoms with E-state index in [4.69, 9.17) is 9.84 Å². The summed E-state index contributed by atoms with van der Waals surface area (Å²) < 4.78 is 4.71. The lowest BCUT2D eigenvalue weighted by atomic mass is 10.4. The summed E-state index contributed by atoms with van der Waals surface area (Å²) in [7, 11) is 1.66. The van der Waals surface area contributed by atoms with Crippen molar-refractivity contribution in [3.63, 3.8) is 0 Å². The Kier molecular flexibility index (Phi) is 4.94. The van der Waals surface area contributed by atoms with E-state index in [-0.39, 0.29) is 12.5 Å². The Bertz CT molecular complexity index is 350. The third-order valence-corrected chi connectivity index (χ3v) is 2.71. The first-order valence-corrected chi connectivity index (χ1v) is 5.53. The van der Waals surface area contributed by atoms with Gasteiger partial charge in [-0.15, -0.1) is 11.3 Å². The molecular weight excluding hydrogens is 230 g/mol. The van der Waals surface area contributed by atoms with Crippen molar-refractivity contribution < 1.29 is 19.4 Å². The van der Waals surface area contributed by atoms with Crippen LogP contribution in [0.3, 0.4) is 0 Å².